The first kappa shape index (κ1) is 19.9. The summed E-state index contributed by atoms with van der Waals surface area (Å²) < 4.78 is 0. The second-order valence-electron chi connectivity index (χ2n) is 4.36. The molecular formula is C14H26N2O3. The fraction of sp³-hybridized carbons (Fsp3) is 0.571. The molecule has 19 heavy (non-hydrogen) atoms. The zero-order valence-corrected chi connectivity index (χ0v) is 12.2. The molecule has 4 N–H and O–H groups in total. The number of carboxylic acid groups (broad SMARTS) is 1. The first-order valence-corrected chi connectivity index (χ1v) is 6.32. The summed E-state index contributed by atoms with van der Waals surface area (Å²) in [5.74, 6) is -0.910. The molecule has 0 radical (unpaired) electrons. The van der Waals surface area contributed by atoms with Gasteiger partial charge in [-0.3, -0.25) is 9.78 Å². The van der Waals surface area contributed by atoms with Crippen molar-refractivity contribution in [2.24, 2.45) is 11.7 Å². The van der Waals surface area contributed by atoms with E-state index in [0.717, 1.165) is 6.42 Å². The van der Waals surface area contributed by atoms with Crippen LogP contribution in [0.15, 0.2) is 24.5 Å². The minimum absolute atomic E-state index is 0.0208. The Morgan fingerprint density at radius 2 is 2.00 bits per heavy atom. The number of nitrogens with two attached hydrogens (primary N) is 1. The summed E-state index contributed by atoms with van der Waals surface area (Å²) in [5, 5.41) is 16.1. The van der Waals surface area contributed by atoms with E-state index in [1.807, 2.05) is 32.2 Å². The van der Waals surface area contributed by atoms with Crippen LogP contribution in [0.1, 0.15) is 32.8 Å². The number of hydrogen-bond acceptors (Lipinski definition) is 4. The van der Waals surface area contributed by atoms with Crippen LogP contribution in [0.3, 0.4) is 0 Å². The number of nitrogens with zero attached hydrogens (tertiary/aromatic N) is 1. The van der Waals surface area contributed by atoms with Crippen LogP contribution in [-0.2, 0) is 4.79 Å². The van der Waals surface area contributed by atoms with Crippen LogP contribution in [-0.4, -0.2) is 33.8 Å². The molecule has 0 spiro atoms. The van der Waals surface area contributed by atoms with Crippen molar-refractivity contribution in [3.05, 3.63) is 30.1 Å². The zero-order chi connectivity index (χ0) is 15.3. The third-order valence-electron chi connectivity index (χ3n) is 2.04. The lowest BCUT2D eigenvalue weighted by molar-refractivity contribution is -0.139. The molecule has 0 aliphatic carbocycles. The maximum atomic E-state index is 10.0. The number of aliphatic carboxylic acids is 1. The van der Waals surface area contributed by atoms with E-state index in [4.69, 9.17) is 15.9 Å². The molecular weight excluding hydrogens is 244 g/mol. The number of carbonyl (C=O) groups is 1. The molecule has 1 aromatic heterocycles. The van der Waals surface area contributed by atoms with Gasteiger partial charge in [-0.05, 0) is 30.9 Å². The molecule has 1 rings (SSSR count). The van der Waals surface area contributed by atoms with E-state index in [9.17, 15) is 4.79 Å². The maximum absolute atomic E-state index is 10.0. The number of aryl methyl sites for hydroxylation is 1. The molecule has 0 aromatic carbocycles. The van der Waals surface area contributed by atoms with Gasteiger partial charge < -0.3 is 15.9 Å². The van der Waals surface area contributed by atoms with Gasteiger partial charge >= 0.3 is 5.97 Å². The lowest BCUT2D eigenvalue weighted by Crippen LogP contribution is -2.34. The number of pyridine rings is 1. The Balaban J connectivity index is 0. The Kier molecular flexibility index (Phi) is 13.6. The Morgan fingerprint density at radius 3 is 2.11 bits per heavy atom. The maximum Gasteiger partial charge on any atom is 0.320 e. The molecule has 0 fully saturated rings. The Morgan fingerprint density at radius 1 is 1.47 bits per heavy atom. The summed E-state index contributed by atoms with van der Waals surface area (Å²) >= 11 is 0. The number of hydrogen-bond donors (Lipinski definition) is 3. The van der Waals surface area contributed by atoms with E-state index in [-0.39, 0.29) is 5.92 Å². The van der Waals surface area contributed by atoms with Gasteiger partial charge in [0.05, 0.1) is 0 Å². The van der Waals surface area contributed by atoms with E-state index in [2.05, 4.69) is 4.98 Å². The van der Waals surface area contributed by atoms with Gasteiger partial charge in [0, 0.05) is 19.0 Å². The highest BCUT2D eigenvalue weighted by Crippen LogP contribution is 1.96. The highest BCUT2D eigenvalue weighted by Gasteiger charge is 2.14. The lowest BCUT2D eigenvalue weighted by atomic mass is 10.1. The van der Waals surface area contributed by atoms with Gasteiger partial charge in [0.1, 0.15) is 6.04 Å². The average Bonchev–Trinajstić information content (AvgIpc) is 2.39. The van der Waals surface area contributed by atoms with Crippen LogP contribution >= 0.6 is 0 Å². The van der Waals surface area contributed by atoms with Crippen molar-refractivity contribution in [3.8, 4) is 0 Å². The predicted molar refractivity (Wildman–Crippen MR) is 76.8 cm³/mol. The number of aliphatic hydroxyl groups is 1. The summed E-state index contributed by atoms with van der Waals surface area (Å²) in [6, 6.07) is 3.23. The van der Waals surface area contributed by atoms with Gasteiger partial charge in [-0.15, -0.1) is 0 Å². The fourth-order valence-corrected chi connectivity index (χ4v) is 0.733. The number of aliphatic hydroxyl groups excluding tert-OH is 1. The first-order chi connectivity index (χ1) is 8.86. The quantitative estimate of drug-likeness (QED) is 0.778. The molecule has 0 bridgehead atoms. The number of carboxylic acids is 1. The molecule has 1 unspecified atom stereocenters. The van der Waals surface area contributed by atoms with E-state index in [1.54, 1.807) is 20.0 Å². The van der Waals surface area contributed by atoms with Crippen molar-refractivity contribution < 1.29 is 15.0 Å². The number of rotatable bonds is 3. The zero-order valence-electron chi connectivity index (χ0n) is 12.2. The Hall–Kier alpha value is -1.46. The predicted octanol–water partition coefficient (Wildman–Crippen LogP) is 1.83. The topological polar surface area (TPSA) is 96.4 Å². The normalized spacial score (nSPS) is 10.7. The number of aromatic nitrogens is 1. The van der Waals surface area contributed by atoms with Gasteiger partial charge in [-0.1, -0.05) is 26.8 Å². The lowest BCUT2D eigenvalue weighted by Gasteiger charge is -2.07. The third kappa shape index (κ3) is 14.5. The summed E-state index contributed by atoms with van der Waals surface area (Å²) in [6.07, 6.45) is 4.48. The van der Waals surface area contributed by atoms with E-state index in [0.29, 0.717) is 6.61 Å². The minimum atomic E-state index is -0.931. The van der Waals surface area contributed by atoms with Crippen molar-refractivity contribution in [2.45, 2.75) is 40.2 Å². The van der Waals surface area contributed by atoms with Crippen molar-refractivity contribution in [1.82, 2.24) is 4.98 Å². The average molecular weight is 270 g/mol. The highest BCUT2D eigenvalue weighted by molar-refractivity contribution is 5.73. The van der Waals surface area contributed by atoms with Crippen molar-refractivity contribution in [3.63, 3.8) is 0 Å². The van der Waals surface area contributed by atoms with Crippen molar-refractivity contribution in [2.75, 3.05) is 6.61 Å². The third-order valence-corrected chi connectivity index (χ3v) is 2.04. The second-order valence-corrected chi connectivity index (χ2v) is 4.36. The van der Waals surface area contributed by atoms with Crippen LogP contribution < -0.4 is 5.73 Å². The van der Waals surface area contributed by atoms with Gasteiger partial charge in [0.25, 0.3) is 0 Å². The molecule has 0 saturated heterocycles. The smallest absolute Gasteiger partial charge is 0.320 e. The van der Waals surface area contributed by atoms with Crippen molar-refractivity contribution in [1.29, 1.82) is 0 Å². The molecule has 1 aromatic rings. The molecule has 0 saturated carbocycles. The molecule has 5 heteroatoms. The summed E-state index contributed by atoms with van der Waals surface area (Å²) in [4.78, 5) is 13.9. The van der Waals surface area contributed by atoms with Gasteiger partial charge in [-0.25, -0.2) is 0 Å². The SMILES string of the molecule is CC(C)C(N)C(=O)O.CCCO.Cc1cccnc1. The molecule has 110 valence electrons. The highest BCUT2D eigenvalue weighted by atomic mass is 16.4. The van der Waals surface area contributed by atoms with E-state index < -0.39 is 12.0 Å². The summed E-state index contributed by atoms with van der Waals surface area (Å²) in [5.41, 5.74) is 6.37. The molecule has 0 aliphatic rings. The van der Waals surface area contributed by atoms with Gasteiger partial charge in [0.15, 0.2) is 0 Å². The van der Waals surface area contributed by atoms with Crippen LogP contribution in [0.5, 0.6) is 0 Å². The molecule has 5 nitrogen and oxygen atoms in total. The standard InChI is InChI=1S/C6H7N.C5H11NO2.C3H8O/c1-6-3-2-4-7-5-6;1-3(2)4(6)5(7)8;1-2-3-4/h2-5H,1H3;3-4H,6H2,1-2H3,(H,7,8);4H,2-3H2,1H3. The summed E-state index contributed by atoms with van der Waals surface area (Å²) in [7, 11) is 0. The Labute approximate surface area is 115 Å². The second kappa shape index (κ2) is 13.0. The van der Waals surface area contributed by atoms with E-state index in [1.165, 1.54) is 5.56 Å². The molecule has 0 amide bonds. The van der Waals surface area contributed by atoms with Gasteiger partial charge in [-0.2, -0.15) is 0 Å². The molecule has 0 aliphatic heterocycles. The molecule has 1 heterocycles. The molecule has 1 atom stereocenters. The monoisotopic (exact) mass is 270 g/mol. The largest absolute Gasteiger partial charge is 0.480 e. The van der Waals surface area contributed by atoms with E-state index >= 15 is 0 Å². The minimum Gasteiger partial charge on any atom is -0.480 e. The van der Waals surface area contributed by atoms with Crippen LogP contribution in [0.25, 0.3) is 0 Å². The van der Waals surface area contributed by atoms with Crippen molar-refractivity contribution >= 4 is 5.97 Å². The van der Waals surface area contributed by atoms with Crippen LogP contribution in [0, 0.1) is 12.8 Å². The Bertz CT molecular complexity index is 314. The van der Waals surface area contributed by atoms with Gasteiger partial charge in [0.2, 0.25) is 0 Å². The first-order valence-electron chi connectivity index (χ1n) is 6.32. The van der Waals surface area contributed by atoms with Crippen LogP contribution in [0.2, 0.25) is 0 Å². The fourth-order valence-electron chi connectivity index (χ4n) is 0.733. The van der Waals surface area contributed by atoms with Crippen LogP contribution in [0.4, 0.5) is 0 Å². The summed E-state index contributed by atoms with van der Waals surface area (Å²) in [6.45, 7) is 7.82.